The highest BCUT2D eigenvalue weighted by atomic mass is 16.2. The van der Waals surface area contributed by atoms with Crippen molar-refractivity contribution in [1.82, 2.24) is 19.9 Å². The van der Waals surface area contributed by atoms with Gasteiger partial charge in [-0.1, -0.05) is 24.3 Å². The number of para-hydroxylation sites is 1. The molecule has 7 nitrogen and oxygen atoms in total. The molecule has 3 heterocycles. The molecule has 1 aliphatic rings. The number of hydrogen-bond donors (Lipinski definition) is 0. The van der Waals surface area contributed by atoms with Crippen molar-refractivity contribution in [2.24, 2.45) is 0 Å². The van der Waals surface area contributed by atoms with E-state index in [-0.39, 0.29) is 5.91 Å². The third-order valence-electron chi connectivity index (χ3n) is 4.88. The molecule has 0 saturated carbocycles. The molecule has 2 aromatic heterocycles. The predicted molar refractivity (Wildman–Crippen MR) is 109 cm³/mol. The molecule has 0 radical (unpaired) electrons. The molecule has 142 valence electrons. The minimum Gasteiger partial charge on any atom is -0.353 e. The number of nitrogens with zero attached hydrogens (tertiary/aromatic N) is 6. The van der Waals surface area contributed by atoms with Gasteiger partial charge in [-0.3, -0.25) is 4.79 Å². The number of benzene rings is 1. The van der Waals surface area contributed by atoms with Gasteiger partial charge in [-0.15, -0.1) is 0 Å². The van der Waals surface area contributed by atoms with Crippen LogP contribution in [-0.4, -0.2) is 59.0 Å². The molecule has 0 bridgehead atoms. The molecule has 1 fully saturated rings. The first-order valence-electron chi connectivity index (χ1n) is 9.28. The molecule has 0 N–H and O–H groups in total. The fourth-order valence-electron chi connectivity index (χ4n) is 3.23. The second-order valence-electron chi connectivity index (χ2n) is 6.62. The van der Waals surface area contributed by atoms with E-state index in [0.29, 0.717) is 24.6 Å². The maximum absolute atomic E-state index is 12.8. The van der Waals surface area contributed by atoms with Crippen molar-refractivity contribution >= 4 is 23.2 Å². The third-order valence-corrected chi connectivity index (χ3v) is 4.88. The average Bonchev–Trinajstić information content (AvgIpc) is 2.79. The quantitative estimate of drug-likeness (QED) is 0.699. The summed E-state index contributed by atoms with van der Waals surface area (Å²) in [5.74, 6) is 1.56. The third kappa shape index (κ3) is 3.78. The molecule has 1 saturated heterocycles. The molecule has 1 amide bonds. The van der Waals surface area contributed by atoms with E-state index >= 15 is 0 Å². The van der Waals surface area contributed by atoms with Gasteiger partial charge in [0.2, 0.25) is 0 Å². The summed E-state index contributed by atoms with van der Waals surface area (Å²) in [6.45, 7) is 2.79. The fraction of sp³-hybridized carbons (Fsp3) is 0.238. The van der Waals surface area contributed by atoms with Gasteiger partial charge in [0, 0.05) is 45.1 Å². The van der Waals surface area contributed by atoms with E-state index in [4.69, 9.17) is 0 Å². The van der Waals surface area contributed by atoms with Gasteiger partial charge in [0.25, 0.3) is 5.91 Å². The van der Waals surface area contributed by atoms with E-state index in [1.54, 1.807) is 18.6 Å². The van der Waals surface area contributed by atoms with Crippen LogP contribution in [0.5, 0.6) is 0 Å². The van der Waals surface area contributed by atoms with Gasteiger partial charge >= 0.3 is 0 Å². The van der Waals surface area contributed by atoms with Crippen molar-refractivity contribution in [2.75, 3.05) is 43.0 Å². The number of amides is 1. The number of pyridine rings is 1. The Morgan fingerprint density at radius 3 is 2.29 bits per heavy atom. The highest BCUT2D eigenvalue weighted by Crippen LogP contribution is 2.20. The summed E-state index contributed by atoms with van der Waals surface area (Å²) in [5, 5.41) is 0. The number of anilines is 3. The van der Waals surface area contributed by atoms with Gasteiger partial charge in [0.15, 0.2) is 5.82 Å². The lowest BCUT2D eigenvalue weighted by molar-refractivity contribution is 0.0740. The largest absolute Gasteiger partial charge is 0.353 e. The standard InChI is InChI=1S/C21H22N6O/c1-25(17-7-3-2-4-8-17)20-16-23-18(15-24-20)21(28)27-13-11-26(12-14-27)19-9-5-6-10-22-19/h2-10,15-16H,11-14H2,1H3. The molecule has 0 atom stereocenters. The lowest BCUT2D eigenvalue weighted by Gasteiger charge is -2.35. The van der Waals surface area contributed by atoms with Crippen molar-refractivity contribution < 1.29 is 4.79 Å². The SMILES string of the molecule is CN(c1ccccc1)c1cnc(C(=O)N2CCN(c3ccccn3)CC2)cn1. The van der Waals surface area contributed by atoms with Crippen LogP contribution in [0.15, 0.2) is 67.1 Å². The highest BCUT2D eigenvalue weighted by Gasteiger charge is 2.24. The van der Waals surface area contributed by atoms with E-state index in [2.05, 4.69) is 19.9 Å². The summed E-state index contributed by atoms with van der Waals surface area (Å²) in [6.07, 6.45) is 4.99. The maximum Gasteiger partial charge on any atom is 0.274 e. The van der Waals surface area contributed by atoms with Crippen LogP contribution >= 0.6 is 0 Å². The second-order valence-corrected chi connectivity index (χ2v) is 6.62. The zero-order chi connectivity index (χ0) is 19.3. The Morgan fingerprint density at radius 2 is 1.64 bits per heavy atom. The Bertz CT molecular complexity index is 909. The van der Waals surface area contributed by atoms with Gasteiger partial charge in [-0.2, -0.15) is 0 Å². The van der Waals surface area contributed by atoms with Crippen LogP contribution < -0.4 is 9.80 Å². The van der Waals surface area contributed by atoms with Gasteiger partial charge < -0.3 is 14.7 Å². The van der Waals surface area contributed by atoms with Crippen molar-refractivity contribution in [3.63, 3.8) is 0 Å². The Balaban J connectivity index is 1.39. The summed E-state index contributed by atoms with van der Waals surface area (Å²) < 4.78 is 0. The average molecular weight is 374 g/mol. The van der Waals surface area contributed by atoms with Crippen LogP contribution in [0.4, 0.5) is 17.3 Å². The second kappa shape index (κ2) is 8.04. The van der Waals surface area contributed by atoms with Gasteiger partial charge in [-0.05, 0) is 24.3 Å². The first-order valence-corrected chi connectivity index (χ1v) is 9.28. The van der Waals surface area contributed by atoms with Crippen LogP contribution in [-0.2, 0) is 0 Å². The lowest BCUT2D eigenvalue weighted by Crippen LogP contribution is -2.49. The van der Waals surface area contributed by atoms with Crippen molar-refractivity contribution in [3.8, 4) is 0 Å². The van der Waals surface area contributed by atoms with E-state index in [1.807, 2.05) is 65.4 Å². The monoisotopic (exact) mass is 374 g/mol. The first-order chi connectivity index (χ1) is 13.7. The van der Waals surface area contributed by atoms with Crippen molar-refractivity contribution in [1.29, 1.82) is 0 Å². The maximum atomic E-state index is 12.8. The molecule has 28 heavy (non-hydrogen) atoms. The number of carbonyl (C=O) groups excluding carboxylic acids is 1. The fourth-order valence-corrected chi connectivity index (χ4v) is 3.23. The Kier molecular flexibility index (Phi) is 5.14. The zero-order valence-electron chi connectivity index (χ0n) is 15.8. The zero-order valence-corrected chi connectivity index (χ0v) is 15.8. The summed E-state index contributed by atoms with van der Waals surface area (Å²) in [5.41, 5.74) is 1.39. The van der Waals surface area contributed by atoms with Crippen LogP contribution in [0, 0.1) is 0 Å². The van der Waals surface area contributed by atoms with E-state index in [1.165, 1.54) is 0 Å². The predicted octanol–water partition coefficient (Wildman–Crippen LogP) is 2.60. The molecular formula is C21H22N6O. The molecule has 4 rings (SSSR count). The van der Waals surface area contributed by atoms with Gasteiger partial charge in [-0.25, -0.2) is 15.0 Å². The molecule has 0 spiro atoms. The van der Waals surface area contributed by atoms with E-state index in [0.717, 1.165) is 24.6 Å². The van der Waals surface area contributed by atoms with Crippen LogP contribution in [0.25, 0.3) is 0 Å². The Morgan fingerprint density at radius 1 is 0.893 bits per heavy atom. The number of rotatable bonds is 4. The number of aromatic nitrogens is 3. The van der Waals surface area contributed by atoms with Gasteiger partial charge in [0.1, 0.15) is 11.5 Å². The van der Waals surface area contributed by atoms with Crippen molar-refractivity contribution in [2.45, 2.75) is 0 Å². The van der Waals surface area contributed by atoms with E-state index in [9.17, 15) is 4.79 Å². The highest BCUT2D eigenvalue weighted by molar-refractivity contribution is 5.92. The molecule has 3 aromatic rings. The van der Waals surface area contributed by atoms with Crippen LogP contribution in [0.3, 0.4) is 0 Å². The first kappa shape index (κ1) is 17.9. The molecule has 1 aromatic carbocycles. The summed E-state index contributed by atoms with van der Waals surface area (Å²) in [4.78, 5) is 31.9. The Labute approximate surface area is 164 Å². The molecule has 1 aliphatic heterocycles. The molecule has 7 heteroatoms. The minimum absolute atomic E-state index is 0.0814. The minimum atomic E-state index is -0.0814. The molecule has 0 unspecified atom stereocenters. The summed E-state index contributed by atoms with van der Waals surface area (Å²) in [6, 6.07) is 15.8. The van der Waals surface area contributed by atoms with Crippen molar-refractivity contribution in [3.05, 3.63) is 72.8 Å². The number of carbonyl (C=O) groups is 1. The number of hydrogen-bond acceptors (Lipinski definition) is 6. The summed E-state index contributed by atoms with van der Waals surface area (Å²) in [7, 11) is 1.93. The lowest BCUT2D eigenvalue weighted by atomic mass is 10.2. The smallest absolute Gasteiger partial charge is 0.274 e. The molecule has 0 aliphatic carbocycles. The number of piperazine rings is 1. The normalized spacial score (nSPS) is 14.0. The van der Waals surface area contributed by atoms with Crippen LogP contribution in [0.1, 0.15) is 10.5 Å². The summed E-state index contributed by atoms with van der Waals surface area (Å²) >= 11 is 0. The Hall–Kier alpha value is -3.48. The molecular weight excluding hydrogens is 352 g/mol. The van der Waals surface area contributed by atoms with Crippen LogP contribution in [0.2, 0.25) is 0 Å². The van der Waals surface area contributed by atoms with Gasteiger partial charge in [0.05, 0.1) is 12.4 Å². The van der Waals surface area contributed by atoms with E-state index < -0.39 is 0 Å². The topological polar surface area (TPSA) is 65.5 Å².